The van der Waals surface area contributed by atoms with Crippen LogP contribution < -0.4 is 0 Å². The molecule has 0 aliphatic carbocycles. The Bertz CT molecular complexity index is 15.0. The maximum absolute atomic E-state index is 4.64. The first-order chi connectivity index (χ1) is 2.41. The van der Waals surface area contributed by atoms with Crippen LogP contribution in [0.1, 0.15) is 6.92 Å². The zero-order valence-corrected chi connectivity index (χ0v) is 6.99. The predicted molar refractivity (Wildman–Crippen MR) is 21.8 cm³/mol. The molecule has 0 aromatic rings. The van der Waals surface area contributed by atoms with Gasteiger partial charge in [0.2, 0.25) is 0 Å². The second kappa shape index (κ2) is 9.03. The number of hydrogen-bond donors (Lipinski definition) is 0. The standard InChI is InChI=1S/C4H9O.Cm/c1-3-4-5-2;/h3H,4H2,1-2H3;/q-1;. The molecule has 0 radical (unpaired) electrons. The Balaban J connectivity index is 0. The van der Waals surface area contributed by atoms with Crippen molar-refractivity contribution in [1.82, 2.24) is 0 Å². The van der Waals surface area contributed by atoms with Crippen molar-refractivity contribution < 1.29 is 4.74 Å². The molecular weight excluding hydrogens is 311 g/mol. The molecule has 6 heavy (non-hydrogen) atoms. The largest absolute Gasteiger partial charge is 0.416 e. The van der Waals surface area contributed by atoms with E-state index in [0.29, 0.717) is 0 Å². The minimum Gasteiger partial charge on any atom is -0.416 e. The Labute approximate surface area is 32.9 Å². The van der Waals surface area contributed by atoms with E-state index in [9.17, 15) is 0 Å². The van der Waals surface area contributed by atoms with E-state index in [-0.39, 0.29) is 0 Å². The summed E-state index contributed by atoms with van der Waals surface area (Å²) in [5.41, 5.74) is 0. The van der Waals surface area contributed by atoms with Crippen molar-refractivity contribution >= 4 is 0 Å². The minimum absolute atomic E-state index is 0. The fourth-order valence-corrected chi connectivity index (χ4v) is 0.167. The van der Waals surface area contributed by atoms with E-state index in [1.165, 1.54) is 0 Å². The van der Waals surface area contributed by atoms with Gasteiger partial charge in [-0.1, -0.05) is 6.61 Å². The smallest absolute Gasteiger partial charge is 0.0319 e. The molecule has 0 amide bonds. The quantitative estimate of drug-likeness (QED) is 0.686. The molecule has 0 aliphatic heterocycles. The van der Waals surface area contributed by atoms with Gasteiger partial charge in [-0.2, -0.15) is 6.92 Å². The van der Waals surface area contributed by atoms with Gasteiger partial charge in [0, 0.05) is 7.11 Å². The summed E-state index contributed by atoms with van der Waals surface area (Å²) in [4.78, 5) is 0. The van der Waals surface area contributed by atoms with Gasteiger partial charge >= 0.3 is 0 Å². The van der Waals surface area contributed by atoms with Crippen LogP contribution in [-0.4, -0.2) is 13.7 Å². The summed E-state index contributed by atoms with van der Waals surface area (Å²) in [5.74, 6) is 0. The van der Waals surface area contributed by atoms with Gasteiger partial charge in [0.15, 0.2) is 0 Å². The molecule has 0 aliphatic rings. The van der Waals surface area contributed by atoms with Crippen molar-refractivity contribution in [1.29, 1.82) is 0 Å². The molecule has 0 aromatic carbocycles. The van der Waals surface area contributed by atoms with Gasteiger partial charge in [-0.15, -0.1) is 0 Å². The van der Waals surface area contributed by atoms with E-state index in [0.717, 1.165) is 6.61 Å². The summed E-state index contributed by atoms with van der Waals surface area (Å²) in [6, 6.07) is 0. The van der Waals surface area contributed by atoms with Crippen LogP contribution in [0.25, 0.3) is 0 Å². The van der Waals surface area contributed by atoms with Crippen molar-refractivity contribution in [3.63, 3.8) is 0 Å². The number of rotatable bonds is 2. The summed E-state index contributed by atoms with van der Waals surface area (Å²) in [6.45, 7) is 2.73. The minimum atomic E-state index is 0. The molecule has 0 saturated heterocycles. The van der Waals surface area contributed by atoms with E-state index in [1.54, 1.807) is 7.11 Å². The van der Waals surface area contributed by atoms with Gasteiger partial charge in [0.1, 0.15) is 0 Å². The van der Waals surface area contributed by atoms with Gasteiger partial charge in [0.25, 0.3) is 0 Å². The normalized spacial score (nSPS) is 7.00. The summed E-state index contributed by atoms with van der Waals surface area (Å²) in [7, 11) is 1.68. The Morgan fingerprint density at radius 1 is 1.67 bits per heavy atom. The van der Waals surface area contributed by atoms with Crippen LogP contribution in [0.15, 0.2) is 0 Å². The van der Waals surface area contributed by atoms with Gasteiger partial charge < -0.3 is 11.2 Å². The number of hydrogen-bond acceptors (Lipinski definition) is 1. The van der Waals surface area contributed by atoms with E-state index >= 15 is 0 Å². The number of methoxy groups -OCH3 is 1. The van der Waals surface area contributed by atoms with Gasteiger partial charge in [-0.05, 0) is 0 Å². The average molecular weight is 320 g/mol. The van der Waals surface area contributed by atoms with Crippen LogP contribution in [0.4, 0.5) is 0 Å². The van der Waals surface area contributed by atoms with Crippen molar-refractivity contribution in [3.8, 4) is 0 Å². The zero-order valence-electron chi connectivity index (χ0n) is 4.05. The first-order valence-corrected chi connectivity index (χ1v) is 1.68. The fraction of sp³-hybridized carbons (Fsp3) is 0.750. The molecule has 0 bridgehead atoms. The summed E-state index contributed by atoms with van der Waals surface area (Å²) in [5, 5.41) is 0. The molecule has 0 N–H and O–H groups in total. The third-order valence-electron chi connectivity index (χ3n) is 0.333. The Kier molecular flexibility index (Phi) is 13.4. The second-order valence-electron chi connectivity index (χ2n) is 0.864. The predicted octanol–water partition coefficient (Wildman–Crippen LogP) is 0.857. The molecule has 2 heteroatoms. The first kappa shape index (κ1) is 8.88. The van der Waals surface area contributed by atoms with E-state index < -0.39 is 0 Å². The maximum atomic E-state index is 4.64. The molecule has 0 fully saturated rings. The Hall–Kier alpha value is -1.04. The Morgan fingerprint density at radius 3 is 2.17 bits per heavy atom. The molecule has 0 saturated carbocycles. The topological polar surface area (TPSA) is 9.23 Å². The summed E-state index contributed by atoms with van der Waals surface area (Å²) < 4.78 is 4.64. The maximum Gasteiger partial charge on any atom is 0.0319 e. The van der Waals surface area contributed by atoms with Crippen LogP contribution in [0, 0.1) is 6.42 Å². The van der Waals surface area contributed by atoms with Gasteiger partial charge in [-0.25, -0.2) is 0 Å². The zero-order chi connectivity index (χ0) is 4.12. The SMILES string of the molecule is C[CH-]COC.[Cm]. The van der Waals surface area contributed by atoms with Crippen LogP contribution in [0.3, 0.4) is 0 Å². The van der Waals surface area contributed by atoms with Crippen LogP contribution in [0.5, 0.6) is 0 Å². The summed E-state index contributed by atoms with van der Waals surface area (Å²) >= 11 is 0. The monoisotopic (exact) mass is 316 g/mol. The van der Waals surface area contributed by atoms with Gasteiger partial charge in [0.05, 0.1) is 0 Å². The average Bonchev–Trinajstić information content (AvgIpc) is 1.41. The molecule has 40 valence electrons. The van der Waals surface area contributed by atoms with E-state index in [2.05, 4.69) is 4.74 Å². The fourth-order valence-electron chi connectivity index (χ4n) is 0.167. The van der Waals surface area contributed by atoms with Crippen molar-refractivity contribution in [2.75, 3.05) is 13.7 Å². The van der Waals surface area contributed by atoms with Crippen LogP contribution in [0.2, 0.25) is 0 Å². The molecule has 0 spiro atoms. The molecule has 0 atom stereocenters. The van der Waals surface area contributed by atoms with E-state index in [4.69, 9.17) is 0 Å². The second-order valence-corrected chi connectivity index (χ2v) is 0.864. The number of ether oxygens (including phenoxy) is 1. The van der Waals surface area contributed by atoms with Crippen LogP contribution >= 0.6 is 0 Å². The summed E-state index contributed by atoms with van der Waals surface area (Å²) in [6.07, 6.45) is 1.96. The van der Waals surface area contributed by atoms with Crippen molar-refractivity contribution in [2.24, 2.45) is 0 Å². The van der Waals surface area contributed by atoms with Crippen molar-refractivity contribution in [2.45, 2.75) is 6.92 Å². The van der Waals surface area contributed by atoms with Crippen LogP contribution in [-0.2, 0) is 4.74 Å². The molecule has 0 unspecified atom stereocenters. The molecule has 0 heterocycles. The van der Waals surface area contributed by atoms with Gasteiger partial charge in [-0.3, -0.25) is 0 Å². The molecule has 0 aromatic heterocycles. The molecule has 0 rings (SSSR count). The third kappa shape index (κ3) is 12.3. The van der Waals surface area contributed by atoms with Crippen molar-refractivity contribution in [3.05, 3.63) is 6.42 Å². The first-order valence-electron chi connectivity index (χ1n) is 1.68. The third-order valence-corrected chi connectivity index (χ3v) is 0.333. The van der Waals surface area contributed by atoms with E-state index in [1.807, 2.05) is 13.3 Å². The molecular formula is C4H9CmO-. The molecule has 1 nitrogen and oxygen atoms in total. The Morgan fingerprint density at radius 2 is 2.17 bits per heavy atom.